The van der Waals surface area contributed by atoms with Crippen molar-refractivity contribution >= 4 is 22.6 Å². The highest BCUT2D eigenvalue weighted by Crippen LogP contribution is 2.40. The van der Waals surface area contributed by atoms with E-state index in [0.29, 0.717) is 10.7 Å². The molecule has 3 N–H and O–H groups in total. The number of hydrogen-bond donors (Lipinski definition) is 2. The molecule has 0 spiro atoms. The Bertz CT molecular complexity index is 570. The predicted octanol–water partition coefficient (Wildman–Crippen LogP) is 2.38. The van der Waals surface area contributed by atoms with Gasteiger partial charge in [0.2, 0.25) is 5.91 Å². The Kier molecular flexibility index (Phi) is 3.88. The molecule has 1 aromatic rings. The van der Waals surface area contributed by atoms with Gasteiger partial charge in [-0.3, -0.25) is 4.79 Å². The molecule has 108 valence electrons. The van der Waals surface area contributed by atoms with Crippen LogP contribution >= 0.6 is 11.8 Å². The van der Waals surface area contributed by atoms with Crippen molar-refractivity contribution in [1.29, 1.82) is 0 Å². The van der Waals surface area contributed by atoms with Gasteiger partial charge in [0.05, 0.1) is 17.1 Å². The second-order valence-electron chi connectivity index (χ2n) is 5.22. The van der Waals surface area contributed by atoms with Gasteiger partial charge in [0, 0.05) is 10.7 Å². The van der Waals surface area contributed by atoms with E-state index in [9.17, 15) is 18.7 Å². The first kappa shape index (κ1) is 15.0. The second kappa shape index (κ2) is 5.18. The van der Waals surface area contributed by atoms with Gasteiger partial charge in [0.15, 0.2) is 0 Å². The third kappa shape index (κ3) is 2.86. The zero-order chi connectivity index (χ0) is 15.1. The lowest BCUT2D eigenvalue weighted by molar-refractivity contribution is -0.119. The van der Waals surface area contributed by atoms with Crippen molar-refractivity contribution in [1.82, 2.24) is 0 Å². The Morgan fingerprint density at radius 3 is 2.35 bits per heavy atom. The number of rotatable bonds is 3. The van der Waals surface area contributed by atoms with Crippen LogP contribution in [0, 0.1) is 17.6 Å². The Morgan fingerprint density at radius 2 is 1.95 bits per heavy atom. The molecule has 0 aromatic heterocycles. The predicted molar refractivity (Wildman–Crippen MR) is 74.7 cm³/mol. The average molecular weight is 299 g/mol. The fourth-order valence-electron chi connectivity index (χ4n) is 1.94. The highest BCUT2D eigenvalue weighted by atomic mass is 32.2. The molecule has 20 heavy (non-hydrogen) atoms. The molecule has 0 fully saturated rings. The molecule has 2 rings (SSSR count). The molecule has 0 radical (unpaired) electrons. The van der Waals surface area contributed by atoms with Gasteiger partial charge >= 0.3 is 0 Å². The van der Waals surface area contributed by atoms with Crippen LogP contribution in [0.1, 0.15) is 25.0 Å². The number of amides is 1. The highest BCUT2D eigenvalue weighted by molar-refractivity contribution is 8.08. The monoisotopic (exact) mass is 299 g/mol. The summed E-state index contributed by atoms with van der Waals surface area (Å²) in [6.07, 6.45) is 1.48. The van der Waals surface area contributed by atoms with Crippen LogP contribution in [0.15, 0.2) is 18.2 Å². The van der Waals surface area contributed by atoms with E-state index in [0.717, 1.165) is 12.1 Å². The third-order valence-corrected chi connectivity index (χ3v) is 4.31. The quantitative estimate of drug-likeness (QED) is 0.900. The van der Waals surface area contributed by atoms with Gasteiger partial charge in [-0.2, -0.15) is 0 Å². The van der Waals surface area contributed by atoms with Crippen LogP contribution in [0.25, 0.3) is 4.91 Å². The zero-order valence-electron chi connectivity index (χ0n) is 11.1. The maximum Gasteiger partial charge on any atom is 0.225 e. The molecule has 0 aliphatic carbocycles. The molecular weight excluding hydrogens is 284 g/mol. The minimum atomic E-state index is -1.33. The van der Waals surface area contributed by atoms with Crippen molar-refractivity contribution in [2.75, 3.05) is 5.75 Å². The van der Waals surface area contributed by atoms with E-state index < -0.39 is 29.1 Å². The van der Waals surface area contributed by atoms with Gasteiger partial charge in [-0.1, -0.05) is 6.08 Å². The van der Waals surface area contributed by atoms with Crippen LogP contribution < -0.4 is 5.73 Å². The molecule has 1 amide bonds. The van der Waals surface area contributed by atoms with Crippen molar-refractivity contribution in [2.24, 2.45) is 11.7 Å². The first-order valence-corrected chi connectivity index (χ1v) is 7.05. The normalized spacial score (nSPS) is 19.1. The van der Waals surface area contributed by atoms with Gasteiger partial charge in [-0.05, 0) is 31.5 Å². The summed E-state index contributed by atoms with van der Waals surface area (Å²) in [7, 11) is 0. The summed E-state index contributed by atoms with van der Waals surface area (Å²) < 4.78 is 28.2. The number of carbonyl (C=O) groups is 1. The Balaban J connectivity index is 2.45. The van der Waals surface area contributed by atoms with E-state index in [4.69, 9.17) is 5.73 Å². The van der Waals surface area contributed by atoms with E-state index in [1.165, 1.54) is 31.7 Å². The standard InChI is InChI=1S/C14H15F2NO2S/c1-14(2,19)8-4-9(15)12(10(16)5-8)11-3-7(6-20-11)13(17)18/h3-5,7,19H,6H2,1-2H3,(H2,17,18). The average Bonchev–Trinajstić information content (AvgIpc) is 2.76. The maximum absolute atomic E-state index is 14.1. The minimum absolute atomic E-state index is 0.159. The molecule has 6 heteroatoms. The molecule has 0 saturated heterocycles. The molecule has 1 aromatic carbocycles. The SMILES string of the molecule is CC(C)(O)c1cc(F)c(C2=CC(C(N)=O)CS2)c(F)c1. The number of hydrogen-bond acceptors (Lipinski definition) is 3. The lowest BCUT2D eigenvalue weighted by Crippen LogP contribution is -2.21. The molecule has 1 unspecified atom stereocenters. The molecule has 1 atom stereocenters. The van der Waals surface area contributed by atoms with E-state index in [1.807, 2.05) is 0 Å². The lowest BCUT2D eigenvalue weighted by Gasteiger charge is -2.19. The summed E-state index contributed by atoms with van der Waals surface area (Å²) in [5.41, 5.74) is 3.84. The summed E-state index contributed by atoms with van der Waals surface area (Å²) in [4.78, 5) is 11.4. The van der Waals surface area contributed by atoms with Gasteiger partial charge in [0.1, 0.15) is 11.6 Å². The van der Waals surface area contributed by atoms with Gasteiger partial charge < -0.3 is 10.8 Å². The number of thioether (sulfide) groups is 1. The summed E-state index contributed by atoms with van der Waals surface area (Å²) in [5.74, 6) is -2.15. The molecule has 1 heterocycles. The van der Waals surface area contributed by atoms with Crippen LogP contribution in [0.5, 0.6) is 0 Å². The summed E-state index contributed by atoms with van der Waals surface area (Å²) in [6.45, 7) is 2.90. The lowest BCUT2D eigenvalue weighted by atomic mass is 9.96. The topological polar surface area (TPSA) is 63.3 Å². The number of halogens is 2. The number of nitrogens with two attached hydrogens (primary N) is 1. The number of primary amides is 1. The van der Waals surface area contributed by atoms with E-state index in [1.54, 1.807) is 0 Å². The Hall–Kier alpha value is -1.40. The number of carbonyl (C=O) groups excluding carboxylic acids is 1. The first-order valence-electron chi connectivity index (χ1n) is 6.06. The first-order chi connectivity index (χ1) is 9.20. The number of aliphatic hydroxyl groups is 1. The fourth-order valence-corrected chi connectivity index (χ4v) is 3.16. The molecular formula is C14H15F2NO2S. The molecule has 0 bridgehead atoms. The van der Waals surface area contributed by atoms with Crippen LogP contribution in [-0.2, 0) is 10.4 Å². The smallest absolute Gasteiger partial charge is 0.225 e. The molecule has 1 aliphatic heterocycles. The van der Waals surface area contributed by atoms with E-state index in [-0.39, 0.29) is 11.1 Å². The van der Waals surface area contributed by atoms with Crippen molar-refractivity contribution in [3.63, 3.8) is 0 Å². The van der Waals surface area contributed by atoms with Gasteiger partial charge in [-0.15, -0.1) is 11.8 Å². The van der Waals surface area contributed by atoms with Crippen molar-refractivity contribution in [3.8, 4) is 0 Å². The second-order valence-corrected chi connectivity index (χ2v) is 6.29. The number of benzene rings is 1. The van der Waals surface area contributed by atoms with Crippen molar-refractivity contribution in [3.05, 3.63) is 41.0 Å². The Morgan fingerprint density at radius 1 is 1.40 bits per heavy atom. The zero-order valence-corrected chi connectivity index (χ0v) is 11.9. The van der Waals surface area contributed by atoms with Crippen molar-refractivity contribution < 1.29 is 18.7 Å². The molecule has 0 saturated carbocycles. The van der Waals surface area contributed by atoms with Crippen LogP contribution in [0.4, 0.5) is 8.78 Å². The maximum atomic E-state index is 14.1. The largest absolute Gasteiger partial charge is 0.386 e. The molecule has 1 aliphatic rings. The van der Waals surface area contributed by atoms with Crippen LogP contribution in [0.2, 0.25) is 0 Å². The van der Waals surface area contributed by atoms with Crippen molar-refractivity contribution in [2.45, 2.75) is 19.4 Å². The van der Waals surface area contributed by atoms with Crippen LogP contribution in [0.3, 0.4) is 0 Å². The minimum Gasteiger partial charge on any atom is -0.386 e. The summed E-state index contributed by atoms with van der Waals surface area (Å²) in [5, 5.41) is 9.79. The van der Waals surface area contributed by atoms with E-state index >= 15 is 0 Å². The molecule has 3 nitrogen and oxygen atoms in total. The summed E-state index contributed by atoms with van der Waals surface area (Å²) in [6, 6.07) is 2.22. The van der Waals surface area contributed by atoms with Gasteiger partial charge in [0.25, 0.3) is 0 Å². The van der Waals surface area contributed by atoms with Crippen LogP contribution in [-0.4, -0.2) is 16.8 Å². The van der Waals surface area contributed by atoms with Gasteiger partial charge in [-0.25, -0.2) is 8.78 Å². The Labute approximate surface area is 119 Å². The highest BCUT2D eigenvalue weighted by Gasteiger charge is 2.27. The van der Waals surface area contributed by atoms with E-state index in [2.05, 4.69) is 0 Å². The fraction of sp³-hybridized carbons (Fsp3) is 0.357. The summed E-state index contributed by atoms with van der Waals surface area (Å²) >= 11 is 1.19. The third-order valence-electron chi connectivity index (χ3n) is 3.13.